The highest BCUT2D eigenvalue weighted by atomic mass is 35.5. The molecule has 2 fully saturated rings. The molecule has 0 aliphatic carbocycles. The molecule has 218 valence electrons. The molecule has 2 heterocycles. The first kappa shape index (κ1) is 29.4. The van der Waals surface area contributed by atoms with E-state index in [-0.39, 0.29) is 24.9 Å². The van der Waals surface area contributed by atoms with Crippen molar-refractivity contribution in [2.24, 2.45) is 5.92 Å². The Labute approximate surface area is 243 Å². The predicted molar refractivity (Wildman–Crippen MR) is 152 cm³/mol. The average Bonchev–Trinajstić information content (AvgIpc) is 2.98. The maximum absolute atomic E-state index is 14.0. The normalized spacial score (nSPS) is 20.7. The number of carbonyl (C=O) groups is 1. The molecule has 3 aromatic rings. The van der Waals surface area contributed by atoms with Crippen LogP contribution in [0.4, 0.5) is 18.9 Å². The van der Waals surface area contributed by atoms with Crippen molar-refractivity contribution < 1.29 is 26.4 Å². The number of benzene rings is 3. The van der Waals surface area contributed by atoms with Crippen LogP contribution in [0.15, 0.2) is 77.7 Å². The van der Waals surface area contributed by atoms with Gasteiger partial charge in [-0.25, -0.2) is 8.42 Å². The van der Waals surface area contributed by atoms with E-state index in [0.29, 0.717) is 37.6 Å². The molecule has 41 heavy (non-hydrogen) atoms. The van der Waals surface area contributed by atoms with Gasteiger partial charge in [0.1, 0.15) is 0 Å². The van der Waals surface area contributed by atoms with E-state index >= 15 is 0 Å². The number of nitrogens with zero attached hydrogens (tertiary/aromatic N) is 3. The second-order valence-electron chi connectivity index (χ2n) is 10.5. The molecule has 0 unspecified atom stereocenters. The lowest BCUT2D eigenvalue weighted by atomic mass is 9.80. The molecule has 2 aliphatic rings. The zero-order valence-electron chi connectivity index (χ0n) is 22.5. The largest absolute Gasteiger partial charge is 0.417 e. The molecule has 2 saturated heterocycles. The fraction of sp³-hybridized carbons (Fsp3) is 0.367. The number of anilines is 1. The minimum absolute atomic E-state index is 0.0136. The van der Waals surface area contributed by atoms with Gasteiger partial charge >= 0.3 is 6.18 Å². The van der Waals surface area contributed by atoms with E-state index in [9.17, 15) is 26.4 Å². The first-order valence-corrected chi connectivity index (χ1v) is 15.3. The van der Waals surface area contributed by atoms with Crippen LogP contribution in [0.3, 0.4) is 0 Å². The molecule has 6 nitrogen and oxygen atoms in total. The summed E-state index contributed by atoms with van der Waals surface area (Å²) in [5, 5.41) is 0.630. The Balaban J connectivity index is 1.40. The molecule has 0 saturated carbocycles. The molecular weight excluding hydrogens is 575 g/mol. The molecule has 11 heteroatoms. The number of piperidine rings is 1. The minimum Gasteiger partial charge on any atom is -0.368 e. The molecule has 0 aromatic heterocycles. The second-order valence-corrected chi connectivity index (χ2v) is 12.9. The summed E-state index contributed by atoms with van der Waals surface area (Å²) in [5.41, 5.74) is 1.78. The van der Waals surface area contributed by atoms with Crippen LogP contribution in [-0.4, -0.2) is 62.8 Å². The van der Waals surface area contributed by atoms with Crippen LogP contribution >= 0.6 is 11.6 Å². The maximum atomic E-state index is 14.0. The van der Waals surface area contributed by atoms with Crippen LogP contribution < -0.4 is 4.90 Å². The van der Waals surface area contributed by atoms with Crippen LogP contribution in [0.2, 0.25) is 5.02 Å². The van der Waals surface area contributed by atoms with Crippen molar-refractivity contribution in [2.45, 2.75) is 30.3 Å². The molecule has 0 radical (unpaired) electrons. The fourth-order valence-electron chi connectivity index (χ4n) is 5.88. The predicted octanol–water partition coefficient (Wildman–Crippen LogP) is 5.81. The van der Waals surface area contributed by atoms with Crippen LogP contribution in [0, 0.1) is 12.8 Å². The Morgan fingerprint density at radius 2 is 1.56 bits per heavy atom. The van der Waals surface area contributed by atoms with Crippen molar-refractivity contribution in [3.05, 3.63) is 94.5 Å². The third-order valence-corrected chi connectivity index (χ3v) is 10.2. The summed E-state index contributed by atoms with van der Waals surface area (Å²) in [5.74, 6) is -1.19. The van der Waals surface area contributed by atoms with Gasteiger partial charge in [0.05, 0.1) is 16.4 Å². The smallest absolute Gasteiger partial charge is 0.368 e. The summed E-state index contributed by atoms with van der Waals surface area (Å²) in [6.45, 7) is 3.86. The van der Waals surface area contributed by atoms with Crippen LogP contribution in [0.1, 0.15) is 29.0 Å². The number of hydrogen-bond acceptors (Lipinski definition) is 4. The van der Waals surface area contributed by atoms with Crippen molar-refractivity contribution in [2.75, 3.05) is 44.2 Å². The highest BCUT2D eigenvalue weighted by molar-refractivity contribution is 7.89. The number of rotatable bonds is 5. The van der Waals surface area contributed by atoms with E-state index in [1.54, 1.807) is 4.90 Å². The van der Waals surface area contributed by atoms with Gasteiger partial charge < -0.3 is 9.80 Å². The summed E-state index contributed by atoms with van der Waals surface area (Å²) >= 11 is 6.21. The van der Waals surface area contributed by atoms with Gasteiger partial charge in [0, 0.05) is 50.0 Å². The number of piperazine rings is 1. The highest BCUT2D eigenvalue weighted by Crippen LogP contribution is 2.39. The number of aryl methyl sites for hydroxylation is 1. The van der Waals surface area contributed by atoms with Crippen molar-refractivity contribution in [1.29, 1.82) is 0 Å². The number of sulfonamides is 1. The lowest BCUT2D eigenvalue weighted by Gasteiger charge is -2.42. The van der Waals surface area contributed by atoms with E-state index in [2.05, 4.69) is 4.90 Å². The molecule has 0 bridgehead atoms. The molecule has 2 aliphatic heterocycles. The Morgan fingerprint density at radius 1 is 0.902 bits per heavy atom. The molecule has 5 rings (SSSR count). The third kappa shape index (κ3) is 6.10. The van der Waals surface area contributed by atoms with Crippen LogP contribution in [0.5, 0.6) is 0 Å². The second kappa shape index (κ2) is 11.7. The molecule has 0 N–H and O–H groups in total. The van der Waals surface area contributed by atoms with E-state index in [1.165, 1.54) is 12.1 Å². The van der Waals surface area contributed by atoms with Gasteiger partial charge in [-0.1, -0.05) is 60.1 Å². The summed E-state index contributed by atoms with van der Waals surface area (Å²) in [6.07, 6.45) is -4.52. The Morgan fingerprint density at radius 3 is 2.24 bits per heavy atom. The summed E-state index contributed by atoms with van der Waals surface area (Å²) in [7, 11) is -4.51. The minimum atomic E-state index is -4.83. The maximum Gasteiger partial charge on any atom is 0.417 e. The highest BCUT2D eigenvalue weighted by Gasteiger charge is 2.44. The SMILES string of the molecule is Cc1ccc(Cl)cc1N1CCN(C(=O)[C@@H]2CN(S(=O)(=O)c3ccccc3C(F)(F)F)CC[C@@H]2c2ccccc2)CC1. The van der Waals surface area contributed by atoms with E-state index in [4.69, 9.17) is 11.6 Å². The first-order valence-electron chi connectivity index (χ1n) is 13.5. The standard InChI is InChI=1S/C30H31ClF3N3O3S/c1-21-11-12-23(31)19-27(21)35-15-17-36(18-16-35)29(38)25-20-37(14-13-24(25)22-7-3-2-4-8-22)41(39,40)28-10-6-5-9-26(28)30(32,33)34/h2-12,19,24-25H,13-18,20H2,1H3/t24-,25-/m1/s1. The van der Waals surface area contributed by atoms with Crippen LogP contribution in [-0.2, 0) is 21.0 Å². The molecule has 1 amide bonds. The van der Waals surface area contributed by atoms with Crippen molar-refractivity contribution in [3.63, 3.8) is 0 Å². The molecule has 0 spiro atoms. The average molecular weight is 606 g/mol. The van der Waals surface area contributed by atoms with Gasteiger partial charge in [0.25, 0.3) is 0 Å². The molecule has 2 atom stereocenters. The summed E-state index contributed by atoms with van der Waals surface area (Å²) in [6, 6.07) is 19.3. The Hall–Kier alpha value is -3.08. The number of halogens is 4. The topological polar surface area (TPSA) is 60.9 Å². The Bertz CT molecular complexity index is 1510. The van der Waals surface area contributed by atoms with E-state index in [0.717, 1.165) is 33.3 Å². The van der Waals surface area contributed by atoms with E-state index < -0.39 is 32.6 Å². The summed E-state index contributed by atoms with van der Waals surface area (Å²) < 4.78 is 69.4. The van der Waals surface area contributed by atoms with Gasteiger partial charge in [-0.3, -0.25) is 4.79 Å². The first-order chi connectivity index (χ1) is 19.5. The van der Waals surface area contributed by atoms with Gasteiger partial charge in [-0.2, -0.15) is 17.5 Å². The van der Waals surface area contributed by atoms with Crippen molar-refractivity contribution in [3.8, 4) is 0 Å². The zero-order chi connectivity index (χ0) is 29.4. The summed E-state index contributed by atoms with van der Waals surface area (Å²) in [4.78, 5) is 17.2. The van der Waals surface area contributed by atoms with Crippen molar-refractivity contribution >= 4 is 33.2 Å². The molecular formula is C30H31ClF3N3O3S. The third-order valence-electron chi connectivity index (χ3n) is 8.03. The monoisotopic (exact) mass is 605 g/mol. The lowest BCUT2D eigenvalue weighted by molar-refractivity contribution is -0.140. The quantitative estimate of drug-likeness (QED) is 0.368. The lowest BCUT2D eigenvalue weighted by Crippen LogP contribution is -2.54. The van der Waals surface area contributed by atoms with Gasteiger partial charge in [-0.15, -0.1) is 0 Å². The van der Waals surface area contributed by atoms with Crippen molar-refractivity contribution in [1.82, 2.24) is 9.21 Å². The number of alkyl halides is 3. The van der Waals surface area contributed by atoms with Gasteiger partial charge in [-0.05, 0) is 54.7 Å². The van der Waals surface area contributed by atoms with Gasteiger partial charge in [0.2, 0.25) is 15.9 Å². The number of hydrogen-bond donors (Lipinski definition) is 0. The Kier molecular flexibility index (Phi) is 8.36. The zero-order valence-corrected chi connectivity index (χ0v) is 24.1. The van der Waals surface area contributed by atoms with E-state index in [1.807, 2.05) is 55.5 Å². The van der Waals surface area contributed by atoms with Gasteiger partial charge in [0.15, 0.2) is 0 Å². The number of amides is 1. The molecule has 3 aromatic carbocycles. The van der Waals surface area contributed by atoms with Crippen LogP contribution in [0.25, 0.3) is 0 Å². The number of carbonyl (C=O) groups excluding carboxylic acids is 1. The fourth-order valence-corrected chi connectivity index (χ4v) is 7.74.